The van der Waals surface area contributed by atoms with E-state index in [1.165, 1.54) is 5.57 Å². The predicted molar refractivity (Wildman–Crippen MR) is 56.5 cm³/mol. The van der Waals surface area contributed by atoms with Gasteiger partial charge in [0.1, 0.15) is 0 Å². The molecule has 1 atom stereocenters. The SMILES string of the molecule is C/C(=C\I)CC[C@@H](C)/C=N\O. The van der Waals surface area contributed by atoms with Gasteiger partial charge in [-0.1, -0.05) is 35.1 Å². The third-order valence-electron chi connectivity index (χ3n) is 1.50. The van der Waals surface area contributed by atoms with Gasteiger partial charge in [-0.25, -0.2) is 0 Å². The van der Waals surface area contributed by atoms with Crippen molar-refractivity contribution < 1.29 is 5.21 Å². The number of nitrogens with zero attached hydrogens (tertiary/aromatic N) is 1. The zero-order valence-electron chi connectivity index (χ0n) is 6.92. The smallest absolute Gasteiger partial charge is 0.0464 e. The molecule has 0 rings (SSSR count). The summed E-state index contributed by atoms with van der Waals surface area (Å²) < 4.78 is 2.08. The van der Waals surface area contributed by atoms with Gasteiger partial charge in [0.2, 0.25) is 0 Å². The van der Waals surface area contributed by atoms with Crippen LogP contribution in [0.2, 0.25) is 0 Å². The Morgan fingerprint density at radius 3 is 2.82 bits per heavy atom. The summed E-state index contributed by atoms with van der Waals surface area (Å²) in [5, 5.41) is 11.2. The van der Waals surface area contributed by atoms with Crippen molar-refractivity contribution in [2.24, 2.45) is 11.1 Å². The maximum atomic E-state index is 8.21. The first-order valence-electron chi connectivity index (χ1n) is 3.64. The van der Waals surface area contributed by atoms with Crippen LogP contribution in [0.3, 0.4) is 0 Å². The molecule has 1 N–H and O–H groups in total. The van der Waals surface area contributed by atoms with Gasteiger partial charge in [-0.05, 0) is 29.8 Å². The first kappa shape index (κ1) is 10.9. The summed E-state index contributed by atoms with van der Waals surface area (Å²) in [5.41, 5.74) is 1.38. The van der Waals surface area contributed by atoms with Gasteiger partial charge in [-0.3, -0.25) is 0 Å². The number of oxime groups is 1. The van der Waals surface area contributed by atoms with E-state index in [9.17, 15) is 0 Å². The maximum absolute atomic E-state index is 8.21. The number of rotatable bonds is 4. The van der Waals surface area contributed by atoms with Crippen LogP contribution >= 0.6 is 22.6 Å². The normalized spacial score (nSPS) is 15.7. The molecular weight excluding hydrogens is 253 g/mol. The minimum Gasteiger partial charge on any atom is -0.411 e. The Morgan fingerprint density at radius 1 is 1.73 bits per heavy atom. The van der Waals surface area contributed by atoms with Gasteiger partial charge < -0.3 is 5.21 Å². The lowest BCUT2D eigenvalue weighted by Crippen LogP contribution is -1.95. The van der Waals surface area contributed by atoms with Crippen LogP contribution in [-0.2, 0) is 0 Å². The van der Waals surface area contributed by atoms with Crippen molar-refractivity contribution in [3.63, 3.8) is 0 Å². The monoisotopic (exact) mass is 267 g/mol. The third kappa shape index (κ3) is 6.34. The average Bonchev–Trinajstić information content (AvgIpc) is 2.01. The molecule has 11 heavy (non-hydrogen) atoms. The molecule has 0 aliphatic rings. The predicted octanol–water partition coefficient (Wildman–Crippen LogP) is 3.20. The molecule has 0 saturated heterocycles. The van der Waals surface area contributed by atoms with Gasteiger partial charge in [-0.2, -0.15) is 0 Å². The second kappa shape index (κ2) is 6.64. The fraction of sp³-hybridized carbons (Fsp3) is 0.625. The average molecular weight is 267 g/mol. The van der Waals surface area contributed by atoms with Crippen LogP contribution in [0.5, 0.6) is 0 Å². The Bertz CT molecular complexity index is 154. The van der Waals surface area contributed by atoms with E-state index < -0.39 is 0 Å². The van der Waals surface area contributed by atoms with Crippen molar-refractivity contribution in [2.75, 3.05) is 0 Å². The number of halogens is 1. The van der Waals surface area contributed by atoms with E-state index >= 15 is 0 Å². The van der Waals surface area contributed by atoms with Crippen molar-refractivity contribution in [2.45, 2.75) is 26.7 Å². The first-order chi connectivity index (χ1) is 5.20. The molecular formula is C8H14INO. The number of allylic oxidation sites excluding steroid dienone is 1. The van der Waals surface area contributed by atoms with Crippen LogP contribution in [0.1, 0.15) is 26.7 Å². The van der Waals surface area contributed by atoms with Crippen LogP contribution in [0.4, 0.5) is 0 Å². The van der Waals surface area contributed by atoms with Gasteiger partial charge in [0, 0.05) is 6.21 Å². The summed E-state index contributed by atoms with van der Waals surface area (Å²) >= 11 is 2.24. The Morgan fingerprint density at radius 2 is 2.36 bits per heavy atom. The topological polar surface area (TPSA) is 32.6 Å². The first-order valence-corrected chi connectivity index (χ1v) is 4.88. The van der Waals surface area contributed by atoms with Gasteiger partial charge in [0.05, 0.1) is 0 Å². The molecule has 0 unspecified atom stereocenters. The van der Waals surface area contributed by atoms with E-state index in [2.05, 4.69) is 38.8 Å². The molecule has 0 bridgehead atoms. The molecule has 0 amide bonds. The highest BCUT2D eigenvalue weighted by Crippen LogP contribution is 2.11. The molecule has 0 fully saturated rings. The molecule has 0 aliphatic heterocycles. The molecule has 0 aliphatic carbocycles. The van der Waals surface area contributed by atoms with E-state index in [-0.39, 0.29) is 0 Å². The minimum atomic E-state index is 0.367. The van der Waals surface area contributed by atoms with Gasteiger partial charge >= 0.3 is 0 Å². The van der Waals surface area contributed by atoms with Crippen LogP contribution in [-0.4, -0.2) is 11.4 Å². The maximum Gasteiger partial charge on any atom is 0.0464 e. The Balaban J connectivity index is 3.53. The molecule has 0 aromatic heterocycles. The van der Waals surface area contributed by atoms with Crippen LogP contribution in [0.25, 0.3) is 0 Å². The highest BCUT2D eigenvalue weighted by Gasteiger charge is 1.97. The molecule has 0 aromatic rings. The molecule has 64 valence electrons. The number of hydrogen-bond acceptors (Lipinski definition) is 2. The van der Waals surface area contributed by atoms with Crippen molar-refractivity contribution in [3.05, 3.63) is 9.66 Å². The standard InChI is InChI=1S/C8H14INO/c1-7(5-9)3-4-8(2)6-10-11/h5-6,8,11H,3-4H2,1-2H3/b7-5+,10-6-/t8-/m1/s1. The molecule has 0 aromatic carbocycles. The van der Waals surface area contributed by atoms with E-state index in [1.807, 2.05) is 6.92 Å². The van der Waals surface area contributed by atoms with Crippen LogP contribution in [0.15, 0.2) is 14.8 Å². The van der Waals surface area contributed by atoms with Gasteiger partial charge in [0.15, 0.2) is 0 Å². The Hall–Kier alpha value is -0.0600. The van der Waals surface area contributed by atoms with Gasteiger partial charge in [0.25, 0.3) is 0 Å². The van der Waals surface area contributed by atoms with Crippen molar-refractivity contribution >= 4 is 28.8 Å². The Kier molecular flexibility index (Phi) is 6.60. The quantitative estimate of drug-likeness (QED) is 0.361. The number of hydrogen-bond donors (Lipinski definition) is 1. The molecule has 2 nitrogen and oxygen atoms in total. The van der Waals surface area contributed by atoms with E-state index in [0.717, 1.165) is 12.8 Å². The lowest BCUT2D eigenvalue weighted by atomic mass is 10.0. The van der Waals surface area contributed by atoms with Crippen molar-refractivity contribution in [3.8, 4) is 0 Å². The highest BCUT2D eigenvalue weighted by atomic mass is 127. The lowest BCUT2D eigenvalue weighted by molar-refractivity contribution is 0.318. The zero-order chi connectivity index (χ0) is 8.69. The van der Waals surface area contributed by atoms with E-state index in [0.29, 0.717) is 5.92 Å². The summed E-state index contributed by atoms with van der Waals surface area (Å²) in [7, 11) is 0. The molecule has 3 heteroatoms. The highest BCUT2D eigenvalue weighted by molar-refractivity contribution is 14.1. The lowest BCUT2D eigenvalue weighted by Gasteiger charge is -2.03. The van der Waals surface area contributed by atoms with E-state index in [4.69, 9.17) is 5.21 Å². The van der Waals surface area contributed by atoms with Crippen molar-refractivity contribution in [1.82, 2.24) is 0 Å². The largest absolute Gasteiger partial charge is 0.411 e. The van der Waals surface area contributed by atoms with Crippen molar-refractivity contribution in [1.29, 1.82) is 0 Å². The Labute approximate surface area is 81.5 Å². The molecule has 0 spiro atoms. The van der Waals surface area contributed by atoms with Crippen LogP contribution in [0, 0.1) is 5.92 Å². The van der Waals surface area contributed by atoms with Crippen LogP contribution < -0.4 is 0 Å². The zero-order valence-corrected chi connectivity index (χ0v) is 9.08. The van der Waals surface area contributed by atoms with E-state index in [1.54, 1.807) is 6.21 Å². The molecule has 0 saturated carbocycles. The molecule has 0 radical (unpaired) electrons. The molecule has 0 heterocycles. The summed E-state index contributed by atoms with van der Waals surface area (Å²) in [6.07, 6.45) is 3.70. The fourth-order valence-corrected chi connectivity index (χ4v) is 1.01. The summed E-state index contributed by atoms with van der Waals surface area (Å²) in [5.74, 6) is 0.367. The summed E-state index contributed by atoms with van der Waals surface area (Å²) in [4.78, 5) is 0. The van der Waals surface area contributed by atoms with Gasteiger partial charge in [-0.15, -0.1) is 5.16 Å². The second-order valence-corrected chi connectivity index (χ2v) is 3.36. The second-order valence-electron chi connectivity index (χ2n) is 2.74. The summed E-state index contributed by atoms with van der Waals surface area (Å²) in [6, 6.07) is 0. The fourth-order valence-electron chi connectivity index (χ4n) is 0.698. The summed E-state index contributed by atoms with van der Waals surface area (Å²) in [6.45, 7) is 4.15. The minimum absolute atomic E-state index is 0.367. The third-order valence-corrected chi connectivity index (χ3v) is 2.56.